The first-order valence-electron chi connectivity index (χ1n) is 7.68. The van der Waals surface area contributed by atoms with Gasteiger partial charge in [0.15, 0.2) is 5.96 Å². The number of ether oxygens (including phenoxy) is 2. The number of guanidine groups is 1. The Morgan fingerprint density at radius 2 is 2.36 bits per heavy atom. The van der Waals surface area contributed by atoms with Crippen molar-refractivity contribution in [3.05, 3.63) is 15.6 Å². The van der Waals surface area contributed by atoms with E-state index < -0.39 is 0 Å². The van der Waals surface area contributed by atoms with E-state index in [-0.39, 0.29) is 12.1 Å². The summed E-state index contributed by atoms with van der Waals surface area (Å²) < 4.78 is 11.1. The summed E-state index contributed by atoms with van der Waals surface area (Å²) in [6.45, 7) is 9.06. The Labute approximate surface area is 136 Å². The van der Waals surface area contributed by atoms with E-state index in [2.05, 4.69) is 34.5 Å². The van der Waals surface area contributed by atoms with Crippen molar-refractivity contribution in [3.8, 4) is 0 Å². The Kier molecular flexibility index (Phi) is 6.60. The number of aromatic nitrogens is 1. The summed E-state index contributed by atoms with van der Waals surface area (Å²) in [6, 6.07) is 0.187. The largest absolute Gasteiger partial charge is 0.379 e. The average molecular weight is 326 g/mol. The van der Waals surface area contributed by atoms with Crippen molar-refractivity contribution in [2.24, 2.45) is 4.99 Å². The molecule has 2 N–H and O–H groups in total. The summed E-state index contributed by atoms with van der Waals surface area (Å²) in [4.78, 5) is 10.0. The first-order chi connectivity index (χ1) is 10.6. The molecule has 0 saturated carbocycles. The summed E-state index contributed by atoms with van der Waals surface area (Å²) in [7, 11) is 1.77. The van der Waals surface area contributed by atoms with E-state index >= 15 is 0 Å². The summed E-state index contributed by atoms with van der Waals surface area (Å²) in [6.07, 6.45) is 1.23. The number of rotatable bonds is 6. The van der Waals surface area contributed by atoms with Crippen molar-refractivity contribution in [2.45, 2.75) is 45.9 Å². The summed E-state index contributed by atoms with van der Waals surface area (Å²) in [5, 5.41) is 7.70. The molecule has 124 valence electrons. The van der Waals surface area contributed by atoms with Gasteiger partial charge in [-0.15, -0.1) is 11.3 Å². The molecule has 7 heteroatoms. The van der Waals surface area contributed by atoms with Crippen LogP contribution in [0.1, 0.15) is 28.9 Å². The average Bonchev–Trinajstić information content (AvgIpc) is 3.12. The van der Waals surface area contributed by atoms with Crippen LogP contribution in [-0.2, 0) is 16.0 Å². The second-order valence-electron chi connectivity index (χ2n) is 5.54. The first-order valence-corrected chi connectivity index (χ1v) is 8.49. The maximum atomic E-state index is 5.81. The summed E-state index contributed by atoms with van der Waals surface area (Å²) in [5.41, 5.74) is 1.10. The number of thiazole rings is 1. The lowest BCUT2D eigenvalue weighted by Gasteiger charge is -2.19. The highest BCUT2D eigenvalue weighted by Crippen LogP contribution is 2.15. The molecule has 2 unspecified atom stereocenters. The van der Waals surface area contributed by atoms with Gasteiger partial charge in [0, 0.05) is 24.6 Å². The van der Waals surface area contributed by atoms with Crippen molar-refractivity contribution in [1.29, 1.82) is 0 Å². The molecule has 1 aromatic heterocycles. The third-order valence-corrected chi connectivity index (χ3v) is 4.63. The number of nitrogens with zero attached hydrogens (tertiary/aromatic N) is 2. The second kappa shape index (κ2) is 8.45. The molecule has 0 amide bonds. The fourth-order valence-corrected chi connectivity index (χ4v) is 3.04. The monoisotopic (exact) mass is 326 g/mol. The Bertz CT molecular complexity index is 478. The van der Waals surface area contributed by atoms with Gasteiger partial charge in [-0.25, -0.2) is 4.98 Å². The topological polar surface area (TPSA) is 67.8 Å². The van der Waals surface area contributed by atoms with Gasteiger partial charge >= 0.3 is 0 Å². The molecule has 0 radical (unpaired) electrons. The standard InChI is InChI=1S/C15H26N4O2S/c1-10(8-21-13-5-6-20-9-13)18-15(16-4)17-7-14-19-11(2)12(3)22-14/h10,13H,5-9H2,1-4H3,(H2,16,17,18). The van der Waals surface area contributed by atoms with Gasteiger partial charge in [0.2, 0.25) is 0 Å². The van der Waals surface area contributed by atoms with Gasteiger partial charge in [-0.05, 0) is 27.2 Å². The van der Waals surface area contributed by atoms with E-state index in [1.54, 1.807) is 18.4 Å². The fraction of sp³-hybridized carbons (Fsp3) is 0.733. The lowest BCUT2D eigenvalue weighted by atomic mass is 10.3. The van der Waals surface area contributed by atoms with E-state index in [4.69, 9.17) is 9.47 Å². The van der Waals surface area contributed by atoms with Crippen molar-refractivity contribution < 1.29 is 9.47 Å². The molecule has 22 heavy (non-hydrogen) atoms. The molecule has 6 nitrogen and oxygen atoms in total. The Balaban J connectivity index is 1.71. The number of aryl methyl sites for hydroxylation is 2. The van der Waals surface area contributed by atoms with Crippen LogP contribution < -0.4 is 10.6 Å². The Morgan fingerprint density at radius 3 is 2.95 bits per heavy atom. The highest BCUT2D eigenvalue weighted by atomic mass is 32.1. The highest BCUT2D eigenvalue weighted by Gasteiger charge is 2.17. The van der Waals surface area contributed by atoms with Gasteiger partial charge in [0.05, 0.1) is 31.6 Å². The molecule has 2 heterocycles. The zero-order valence-corrected chi connectivity index (χ0v) is 14.6. The fourth-order valence-electron chi connectivity index (χ4n) is 2.17. The summed E-state index contributed by atoms with van der Waals surface area (Å²) in [5.74, 6) is 0.768. The lowest BCUT2D eigenvalue weighted by molar-refractivity contribution is 0.0347. The minimum Gasteiger partial charge on any atom is -0.379 e. The number of nitrogens with one attached hydrogen (secondary N) is 2. The molecule has 2 atom stereocenters. The predicted molar refractivity (Wildman–Crippen MR) is 89.6 cm³/mol. The van der Waals surface area contributed by atoms with Gasteiger partial charge in [0.25, 0.3) is 0 Å². The molecule has 1 fully saturated rings. The lowest BCUT2D eigenvalue weighted by Crippen LogP contribution is -2.44. The van der Waals surface area contributed by atoms with Gasteiger partial charge in [-0.2, -0.15) is 0 Å². The van der Waals surface area contributed by atoms with Crippen LogP contribution >= 0.6 is 11.3 Å². The molecule has 1 aliphatic heterocycles. The van der Waals surface area contributed by atoms with Gasteiger partial charge < -0.3 is 20.1 Å². The third kappa shape index (κ3) is 5.23. The van der Waals surface area contributed by atoms with Crippen molar-refractivity contribution in [2.75, 3.05) is 26.9 Å². The normalized spacial score (nSPS) is 20.2. The minimum absolute atomic E-state index is 0.187. The number of hydrogen-bond acceptors (Lipinski definition) is 5. The van der Waals surface area contributed by atoms with Crippen LogP contribution in [0.15, 0.2) is 4.99 Å². The highest BCUT2D eigenvalue weighted by molar-refractivity contribution is 7.11. The second-order valence-corrected chi connectivity index (χ2v) is 6.83. The van der Waals surface area contributed by atoms with Crippen LogP contribution in [0.4, 0.5) is 0 Å². The predicted octanol–water partition coefficient (Wildman–Crippen LogP) is 1.62. The molecule has 0 aromatic carbocycles. The van der Waals surface area contributed by atoms with Crippen molar-refractivity contribution in [1.82, 2.24) is 15.6 Å². The van der Waals surface area contributed by atoms with Crippen LogP contribution in [0.3, 0.4) is 0 Å². The van der Waals surface area contributed by atoms with E-state index in [9.17, 15) is 0 Å². The third-order valence-electron chi connectivity index (χ3n) is 3.56. The molecule has 0 spiro atoms. The SMILES string of the molecule is CN=C(NCc1nc(C)c(C)s1)NC(C)COC1CCOC1. The van der Waals surface area contributed by atoms with Crippen LogP contribution in [0.2, 0.25) is 0 Å². The van der Waals surface area contributed by atoms with E-state index in [1.807, 2.05) is 6.92 Å². The van der Waals surface area contributed by atoms with E-state index in [1.165, 1.54) is 4.88 Å². The van der Waals surface area contributed by atoms with Crippen LogP contribution in [0.25, 0.3) is 0 Å². The van der Waals surface area contributed by atoms with Gasteiger partial charge in [-0.1, -0.05) is 0 Å². The van der Waals surface area contributed by atoms with E-state index in [0.29, 0.717) is 19.8 Å². The summed E-state index contributed by atoms with van der Waals surface area (Å²) >= 11 is 1.72. The van der Waals surface area contributed by atoms with Crippen molar-refractivity contribution >= 4 is 17.3 Å². The number of hydrogen-bond donors (Lipinski definition) is 2. The van der Waals surface area contributed by atoms with Crippen molar-refractivity contribution in [3.63, 3.8) is 0 Å². The van der Waals surface area contributed by atoms with Crippen LogP contribution in [-0.4, -0.2) is 50.0 Å². The van der Waals surface area contributed by atoms with Gasteiger partial charge in [0.1, 0.15) is 5.01 Å². The molecule has 1 saturated heterocycles. The number of aliphatic imine (C=N–C) groups is 1. The maximum Gasteiger partial charge on any atom is 0.191 e. The maximum absolute atomic E-state index is 5.81. The van der Waals surface area contributed by atoms with Gasteiger partial charge in [-0.3, -0.25) is 4.99 Å². The van der Waals surface area contributed by atoms with Crippen LogP contribution in [0.5, 0.6) is 0 Å². The zero-order chi connectivity index (χ0) is 15.9. The van der Waals surface area contributed by atoms with E-state index in [0.717, 1.165) is 29.7 Å². The Hall–Kier alpha value is -1.18. The zero-order valence-electron chi connectivity index (χ0n) is 13.8. The Morgan fingerprint density at radius 1 is 1.55 bits per heavy atom. The quantitative estimate of drug-likeness (QED) is 0.614. The molecule has 0 aliphatic carbocycles. The van der Waals surface area contributed by atoms with Crippen LogP contribution in [0, 0.1) is 13.8 Å². The molecular formula is C15H26N4O2S. The molecular weight excluding hydrogens is 300 g/mol. The molecule has 1 aliphatic rings. The molecule has 0 bridgehead atoms. The smallest absolute Gasteiger partial charge is 0.191 e. The first kappa shape index (κ1) is 17.2. The molecule has 1 aromatic rings. The molecule has 2 rings (SSSR count). The minimum atomic E-state index is 0.187.